The summed E-state index contributed by atoms with van der Waals surface area (Å²) in [5, 5.41) is 6.01. The number of fused-ring (bicyclic) bond motifs is 1. The van der Waals surface area contributed by atoms with Crippen molar-refractivity contribution in [1.82, 2.24) is 15.2 Å². The number of aromatic nitrogens is 1. The summed E-state index contributed by atoms with van der Waals surface area (Å²) in [6.45, 7) is 8.69. The Kier molecular flexibility index (Phi) is 10.5. The van der Waals surface area contributed by atoms with E-state index in [1.807, 2.05) is 6.92 Å². The molecule has 258 valence electrons. The fourth-order valence-electron chi connectivity index (χ4n) is 6.84. The largest absolute Gasteiger partial charge is 0.495 e. The van der Waals surface area contributed by atoms with Crippen LogP contribution in [-0.2, 0) is 9.53 Å². The van der Waals surface area contributed by atoms with Gasteiger partial charge in [-0.3, -0.25) is 9.59 Å². The zero-order valence-corrected chi connectivity index (χ0v) is 28.0. The predicted molar refractivity (Wildman–Crippen MR) is 176 cm³/mol. The topological polar surface area (TPSA) is 99.3 Å². The smallest absolute Gasteiger partial charge is 0.342 e. The molecule has 1 saturated carbocycles. The number of nitrogens with one attached hydrogen (secondary N) is 2. The van der Waals surface area contributed by atoms with Gasteiger partial charge in [-0.25, -0.2) is 9.37 Å². The van der Waals surface area contributed by atoms with E-state index in [4.69, 9.17) is 9.47 Å². The zero-order chi connectivity index (χ0) is 33.9. The summed E-state index contributed by atoms with van der Waals surface area (Å²) in [4.78, 5) is 35.1. The molecular weight excluding hydrogens is 613 g/mol. The number of likely N-dealkylation sites (tertiary alicyclic amines) is 1. The number of hydrogen-bond donors (Lipinski definition) is 2. The van der Waals surface area contributed by atoms with E-state index in [9.17, 15) is 18.4 Å². The Morgan fingerprint density at radius 2 is 1.81 bits per heavy atom. The Labute approximate surface area is 275 Å². The fourth-order valence-corrected chi connectivity index (χ4v) is 6.84. The average molecular weight is 661 g/mol. The number of piperidine rings is 1. The van der Waals surface area contributed by atoms with Crippen molar-refractivity contribution < 1.29 is 32.2 Å². The van der Waals surface area contributed by atoms with Gasteiger partial charge in [0.05, 0.1) is 48.1 Å². The van der Waals surface area contributed by atoms with E-state index in [0.717, 1.165) is 69.5 Å². The third-order valence-corrected chi connectivity index (χ3v) is 9.57. The Balaban J connectivity index is 1.28. The van der Waals surface area contributed by atoms with E-state index >= 15 is 4.39 Å². The van der Waals surface area contributed by atoms with Gasteiger partial charge in [0.2, 0.25) is 0 Å². The van der Waals surface area contributed by atoms with Crippen LogP contribution in [0.3, 0.4) is 0 Å². The second kappa shape index (κ2) is 14.3. The molecule has 2 aromatic rings. The second-order valence-corrected chi connectivity index (χ2v) is 13.4. The van der Waals surface area contributed by atoms with Crippen molar-refractivity contribution in [3.05, 3.63) is 35.8 Å². The van der Waals surface area contributed by atoms with Crippen LogP contribution in [0.2, 0.25) is 0 Å². The van der Waals surface area contributed by atoms with Crippen LogP contribution in [0.25, 0.3) is 0 Å². The SMILES string of the molecule is CCOC(C)(C)CCN1CCC(NC(=O)c2cc(OC)c(Nc3cc4c(cn3)N(C)C(=O)C(F)(F)CN4C3CCCC3)cc2F)CC1. The van der Waals surface area contributed by atoms with E-state index in [-0.39, 0.29) is 46.2 Å². The molecule has 0 atom stereocenters. The Bertz CT molecular complexity index is 1440. The summed E-state index contributed by atoms with van der Waals surface area (Å²) < 4.78 is 56.7. The van der Waals surface area contributed by atoms with Crippen LogP contribution in [-0.4, -0.2) is 92.2 Å². The number of carbonyl (C=O) groups excluding carboxylic acids is 2. The highest BCUT2D eigenvalue weighted by Gasteiger charge is 2.48. The van der Waals surface area contributed by atoms with Gasteiger partial charge in [0.15, 0.2) is 0 Å². The van der Waals surface area contributed by atoms with Gasteiger partial charge in [-0.05, 0) is 58.9 Å². The van der Waals surface area contributed by atoms with Crippen molar-refractivity contribution in [2.45, 2.75) is 89.3 Å². The van der Waals surface area contributed by atoms with Crippen LogP contribution in [0, 0.1) is 5.82 Å². The van der Waals surface area contributed by atoms with E-state index in [1.165, 1.54) is 32.5 Å². The molecule has 0 bridgehead atoms. The summed E-state index contributed by atoms with van der Waals surface area (Å²) in [5.41, 5.74) is 0.611. The van der Waals surface area contributed by atoms with Crippen molar-refractivity contribution in [3.63, 3.8) is 0 Å². The zero-order valence-electron chi connectivity index (χ0n) is 28.0. The average Bonchev–Trinajstić information content (AvgIpc) is 3.56. The highest BCUT2D eigenvalue weighted by Crippen LogP contribution is 2.42. The number of anilines is 4. The van der Waals surface area contributed by atoms with Crippen molar-refractivity contribution in [3.8, 4) is 5.75 Å². The molecule has 1 aliphatic carbocycles. The minimum Gasteiger partial charge on any atom is -0.495 e. The van der Waals surface area contributed by atoms with Crippen molar-refractivity contribution in [2.75, 3.05) is 62.1 Å². The van der Waals surface area contributed by atoms with Crippen LogP contribution in [0.1, 0.15) is 76.1 Å². The first-order valence-electron chi connectivity index (χ1n) is 16.6. The maximum atomic E-state index is 15.5. The number of hydrogen-bond acceptors (Lipinski definition) is 8. The highest BCUT2D eigenvalue weighted by atomic mass is 19.3. The lowest BCUT2D eigenvalue weighted by Gasteiger charge is -2.34. The van der Waals surface area contributed by atoms with Gasteiger partial charge in [0.25, 0.3) is 11.8 Å². The van der Waals surface area contributed by atoms with Gasteiger partial charge >= 0.3 is 5.92 Å². The standard InChI is InChI=1S/C34H47F3N6O4/c1-6-47-33(2,3)13-16-42-14-11-22(12-15-42)39-31(44)24-17-29(46-5)26(18-25(24)35)40-30-19-27-28(20-38-30)41(4)32(45)34(36,37)21-43(27)23-9-7-8-10-23/h17-20,22-23H,6-16,21H2,1-5H3,(H,38,40)(H,39,44). The highest BCUT2D eigenvalue weighted by molar-refractivity contribution is 6.03. The number of methoxy groups -OCH3 is 1. The fraction of sp³-hybridized carbons (Fsp3) is 0.618. The number of ether oxygens (including phenoxy) is 2. The lowest BCUT2D eigenvalue weighted by atomic mass is 10.0. The van der Waals surface area contributed by atoms with Gasteiger partial charge in [-0.1, -0.05) is 12.8 Å². The van der Waals surface area contributed by atoms with Gasteiger partial charge in [-0.15, -0.1) is 0 Å². The molecule has 3 aliphatic rings. The first-order chi connectivity index (χ1) is 22.3. The second-order valence-electron chi connectivity index (χ2n) is 13.4. The number of carbonyl (C=O) groups is 2. The molecule has 2 N–H and O–H groups in total. The molecule has 3 heterocycles. The first kappa shape index (κ1) is 34.7. The van der Waals surface area contributed by atoms with Crippen molar-refractivity contribution >= 4 is 34.7 Å². The van der Waals surface area contributed by atoms with Gasteiger partial charge in [0, 0.05) is 57.5 Å². The lowest BCUT2D eigenvalue weighted by Crippen LogP contribution is -2.48. The van der Waals surface area contributed by atoms with E-state index < -0.39 is 30.1 Å². The third kappa shape index (κ3) is 7.94. The van der Waals surface area contributed by atoms with Crippen molar-refractivity contribution in [1.29, 1.82) is 0 Å². The number of rotatable bonds is 11. The van der Waals surface area contributed by atoms with Gasteiger partial charge in [0.1, 0.15) is 17.4 Å². The minimum absolute atomic E-state index is 0.0779. The molecule has 0 unspecified atom stereocenters. The molecule has 2 amide bonds. The molecule has 1 aromatic heterocycles. The molecule has 2 fully saturated rings. The summed E-state index contributed by atoms with van der Waals surface area (Å²) in [6, 6.07) is 3.90. The summed E-state index contributed by atoms with van der Waals surface area (Å²) >= 11 is 0. The molecule has 0 spiro atoms. The molecule has 10 nitrogen and oxygen atoms in total. The van der Waals surface area contributed by atoms with Crippen LogP contribution >= 0.6 is 0 Å². The van der Waals surface area contributed by atoms with Gasteiger partial charge in [-0.2, -0.15) is 8.78 Å². The lowest BCUT2D eigenvalue weighted by molar-refractivity contribution is -0.140. The molecule has 1 aromatic carbocycles. The minimum atomic E-state index is -3.56. The number of halogens is 3. The Morgan fingerprint density at radius 1 is 1.11 bits per heavy atom. The molecule has 1 saturated heterocycles. The number of alkyl halides is 2. The molecule has 13 heteroatoms. The Hall–Kier alpha value is -3.58. The van der Waals surface area contributed by atoms with Crippen LogP contribution in [0.4, 0.5) is 36.1 Å². The first-order valence-corrected chi connectivity index (χ1v) is 16.6. The molecule has 47 heavy (non-hydrogen) atoms. The maximum absolute atomic E-state index is 15.5. The number of benzene rings is 1. The summed E-state index contributed by atoms with van der Waals surface area (Å²) in [7, 11) is 2.73. The summed E-state index contributed by atoms with van der Waals surface area (Å²) in [5.74, 6) is -5.65. The van der Waals surface area contributed by atoms with Gasteiger partial charge < -0.3 is 34.8 Å². The van der Waals surface area contributed by atoms with Crippen molar-refractivity contribution in [2.24, 2.45) is 0 Å². The monoisotopic (exact) mass is 660 g/mol. The molecular formula is C34H47F3N6O4. The summed E-state index contributed by atoms with van der Waals surface area (Å²) in [6.07, 6.45) is 7.13. The number of amides is 2. The normalized spacial score (nSPS) is 19.4. The molecule has 0 radical (unpaired) electrons. The van der Waals surface area contributed by atoms with E-state index in [2.05, 4.69) is 34.4 Å². The van der Waals surface area contributed by atoms with Crippen LogP contribution in [0.15, 0.2) is 24.4 Å². The number of nitrogens with zero attached hydrogens (tertiary/aromatic N) is 4. The third-order valence-electron chi connectivity index (χ3n) is 9.57. The van der Waals surface area contributed by atoms with Crippen LogP contribution in [0.5, 0.6) is 5.75 Å². The number of pyridine rings is 1. The molecule has 5 rings (SSSR count). The molecule has 2 aliphatic heterocycles. The van der Waals surface area contributed by atoms with E-state index in [0.29, 0.717) is 12.3 Å². The predicted octanol–water partition coefficient (Wildman–Crippen LogP) is 5.73. The van der Waals surface area contributed by atoms with E-state index in [1.54, 1.807) is 11.0 Å². The van der Waals surface area contributed by atoms with Crippen LogP contribution < -0.4 is 25.2 Å². The Morgan fingerprint density at radius 3 is 2.47 bits per heavy atom. The quantitative estimate of drug-likeness (QED) is 0.315. The maximum Gasteiger partial charge on any atom is 0.342 e.